The maximum Gasteiger partial charge on any atom is 0.333 e. The summed E-state index contributed by atoms with van der Waals surface area (Å²) in [4.78, 5) is -3.39. The maximum atomic E-state index is 13.1. The Morgan fingerprint density at radius 1 is 1.24 bits per heavy atom. The van der Waals surface area contributed by atoms with Gasteiger partial charge in [0, 0.05) is 0 Å². The van der Waals surface area contributed by atoms with Crippen LogP contribution >= 0.6 is 15.9 Å². The highest BCUT2D eigenvalue weighted by molar-refractivity contribution is 9.10. The van der Waals surface area contributed by atoms with Gasteiger partial charge in [0.15, 0.2) is 5.60 Å². The van der Waals surface area contributed by atoms with Crippen LogP contribution in [-0.2, 0) is 5.60 Å². The molecule has 1 aromatic carbocycles. The van der Waals surface area contributed by atoms with E-state index in [9.17, 15) is 13.9 Å². The maximum absolute atomic E-state index is 13.1. The van der Waals surface area contributed by atoms with Crippen molar-refractivity contribution in [2.24, 2.45) is 0 Å². The van der Waals surface area contributed by atoms with E-state index < -0.39 is 10.4 Å². The third-order valence-electron chi connectivity index (χ3n) is 2.34. The fourth-order valence-corrected chi connectivity index (χ4v) is 1.52. The highest BCUT2D eigenvalue weighted by atomic mass is 79.9. The molecule has 5 heteroatoms. The van der Waals surface area contributed by atoms with Gasteiger partial charge in [0.1, 0.15) is 5.75 Å². The largest absolute Gasteiger partial charge is 0.491 e. The lowest BCUT2D eigenvalue weighted by atomic mass is 9.96. The lowest BCUT2D eigenvalue weighted by molar-refractivity contribution is -0.109. The molecule has 0 aliphatic rings. The van der Waals surface area contributed by atoms with Gasteiger partial charge in [-0.2, -0.15) is 8.78 Å². The molecule has 96 valence electrons. The van der Waals surface area contributed by atoms with Gasteiger partial charge >= 0.3 is 4.83 Å². The Bertz CT molecular complexity index is 369. The molecule has 1 atom stereocenters. The van der Waals surface area contributed by atoms with Crippen LogP contribution < -0.4 is 4.74 Å². The van der Waals surface area contributed by atoms with E-state index >= 15 is 0 Å². The van der Waals surface area contributed by atoms with Crippen LogP contribution in [0, 0.1) is 0 Å². The van der Waals surface area contributed by atoms with Gasteiger partial charge in [-0.1, -0.05) is 12.1 Å². The van der Waals surface area contributed by atoms with E-state index in [1.165, 1.54) is 12.1 Å². The smallest absolute Gasteiger partial charge is 0.333 e. The van der Waals surface area contributed by atoms with Gasteiger partial charge in [0.25, 0.3) is 0 Å². The van der Waals surface area contributed by atoms with Crippen molar-refractivity contribution in [3.05, 3.63) is 29.8 Å². The third kappa shape index (κ3) is 3.39. The van der Waals surface area contributed by atoms with Gasteiger partial charge in [0.2, 0.25) is 0 Å². The van der Waals surface area contributed by atoms with Crippen molar-refractivity contribution in [1.29, 1.82) is 0 Å². The van der Waals surface area contributed by atoms with Crippen LogP contribution in [0.2, 0.25) is 0 Å². The molecular formula is C12H15BrF2O2. The van der Waals surface area contributed by atoms with Crippen molar-refractivity contribution >= 4 is 15.9 Å². The van der Waals surface area contributed by atoms with Crippen molar-refractivity contribution in [1.82, 2.24) is 0 Å². The van der Waals surface area contributed by atoms with Gasteiger partial charge in [0.05, 0.1) is 6.10 Å². The first-order valence-corrected chi connectivity index (χ1v) is 6.00. The summed E-state index contributed by atoms with van der Waals surface area (Å²) in [5.41, 5.74) is -2.14. The minimum Gasteiger partial charge on any atom is -0.491 e. The van der Waals surface area contributed by atoms with Crippen LogP contribution in [-0.4, -0.2) is 16.0 Å². The van der Waals surface area contributed by atoms with Crippen LogP contribution in [0.3, 0.4) is 0 Å². The fourth-order valence-electron chi connectivity index (χ4n) is 1.29. The summed E-state index contributed by atoms with van der Waals surface area (Å²) < 4.78 is 31.7. The van der Waals surface area contributed by atoms with E-state index in [2.05, 4.69) is 15.9 Å². The van der Waals surface area contributed by atoms with Crippen LogP contribution in [0.4, 0.5) is 8.78 Å². The molecule has 0 saturated carbocycles. The molecule has 0 heterocycles. The number of rotatable bonds is 4. The third-order valence-corrected chi connectivity index (χ3v) is 3.11. The molecule has 0 aliphatic heterocycles. The van der Waals surface area contributed by atoms with E-state index in [1.807, 2.05) is 13.8 Å². The Morgan fingerprint density at radius 3 is 2.06 bits per heavy atom. The predicted molar refractivity (Wildman–Crippen MR) is 65.7 cm³/mol. The molecule has 1 N–H and O–H groups in total. The zero-order valence-corrected chi connectivity index (χ0v) is 11.5. The molecule has 0 saturated heterocycles. The monoisotopic (exact) mass is 308 g/mol. The Morgan fingerprint density at radius 2 is 1.71 bits per heavy atom. The average molecular weight is 309 g/mol. The normalized spacial score (nSPS) is 15.8. The summed E-state index contributed by atoms with van der Waals surface area (Å²) >= 11 is 2.18. The number of aliphatic hydroxyl groups is 1. The highest BCUT2D eigenvalue weighted by Crippen LogP contribution is 2.42. The Hall–Kier alpha value is -0.680. The summed E-state index contributed by atoms with van der Waals surface area (Å²) in [5.74, 6) is 0.581. The van der Waals surface area contributed by atoms with Crippen LogP contribution in [0.15, 0.2) is 24.3 Å². The number of hydrogen-bond donors (Lipinski definition) is 1. The Kier molecular flexibility index (Phi) is 4.15. The van der Waals surface area contributed by atoms with Crippen LogP contribution in [0.1, 0.15) is 26.3 Å². The van der Waals surface area contributed by atoms with Crippen molar-refractivity contribution < 1.29 is 18.6 Å². The molecule has 2 nitrogen and oxygen atoms in total. The summed E-state index contributed by atoms with van der Waals surface area (Å²) in [7, 11) is 0. The number of alkyl halides is 3. The summed E-state index contributed by atoms with van der Waals surface area (Å²) in [6.45, 7) is 4.80. The second kappa shape index (κ2) is 4.90. The number of benzene rings is 1. The standard InChI is InChI=1S/C12H15BrF2O2/c1-8(2)17-10-6-4-9(5-7-10)11(3,16)12(13,14)15/h4-8,16H,1-3H3. The zero-order valence-electron chi connectivity index (χ0n) is 9.88. The van der Waals surface area contributed by atoms with Gasteiger partial charge in [-0.3, -0.25) is 0 Å². The molecule has 0 aromatic heterocycles. The minimum absolute atomic E-state index is 0.0129. The summed E-state index contributed by atoms with van der Waals surface area (Å²) in [6, 6.07) is 5.96. The molecule has 0 radical (unpaired) electrons. The first-order valence-electron chi connectivity index (χ1n) is 5.21. The molecular weight excluding hydrogens is 294 g/mol. The molecule has 0 aliphatic carbocycles. The molecule has 0 bridgehead atoms. The summed E-state index contributed by atoms with van der Waals surface area (Å²) in [5, 5.41) is 9.76. The van der Waals surface area contributed by atoms with Gasteiger partial charge in [-0.25, -0.2) is 0 Å². The fraction of sp³-hybridized carbons (Fsp3) is 0.500. The van der Waals surface area contributed by atoms with Gasteiger partial charge < -0.3 is 9.84 Å². The van der Waals surface area contributed by atoms with Crippen LogP contribution in [0.25, 0.3) is 0 Å². The minimum atomic E-state index is -3.39. The van der Waals surface area contributed by atoms with E-state index in [4.69, 9.17) is 4.74 Å². The molecule has 1 unspecified atom stereocenters. The molecule has 0 spiro atoms. The number of ether oxygens (including phenoxy) is 1. The molecule has 17 heavy (non-hydrogen) atoms. The topological polar surface area (TPSA) is 29.5 Å². The quantitative estimate of drug-likeness (QED) is 0.860. The van der Waals surface area contributed by atoms with Crippen molar-refractivity contribution in [2.45, 2.75) is 37.3 Å². The van der Waals surface area contributed by atoms with Gasteiger partial charge in [-0.15, -0.1) is 0 Å². The van der Waals surface area contributed by atoms with E-state index in [-0.39, 0.29) is 11.7 Å². The SMILES string of the molecule is CC(C)Oc1ccc(C(C)(O)C(F)(F)Br)cc1. The number of hydrogen-bond acceptors (Lipinski definition) is 2. The van der Waals surface area contributed by atoms with E-state index in [0.29, 0.717) is 5.75 Å². The van der Waals surface area contributed by atoms with Crippen molar-refractivity contribution in [2.75, 3.05) is 0 Å². The van der Waals surface area contributed by atoms with E-state index in [0.717, 1.165) is 6.92 Å². The highest BCUT2D eigenvalue weighted by Gasteiger charge is 2.47. The van der Waals surface area contributed by atoms with E-state index in [1.54, 1.807) is 12.1 Å². The van der Waals surface area contributed by atoms with Crippen molar-refractivity contribution in [3.63, 3.8) is 0 Å². The van der Waals surface area contributed by atoms with Crippen LogP contribution in [0.5, 0.6) is 5.75 Å². The zero-order chi connectivity index (χ0) is 13.3. The predicted octanol–water partition coefficient (Wildman–Crippen LogP) is 3.67. The number of halogens is 3. The van der Waals surface area contributed by atoms with Gasteiger partial charge in [-0.05, 0) is 54.4 Å². The second-order valence-electron chi connectivity index (χ2n) is 4.26. The first kappa shape index (κ1) is 14.4. The Labute approximate surface area is 108 Å². The molecule has 1 aromatic rings. The van der Waals surface area contributed by atoms with Crippen molar-refractivity contribution in [3.8, 4) is 5.75 Å². The lowest BCUT2D eigenvalue weighted by Gasteiger charge is -2.28. The Balaban J connectivity index is 2.95. The first-order chi connectivity index (χ1) is 7.64. The second-order valence-corrected chi connectivity index (χ2v) is 5.26. The lowest BCUT2D eigenvalue weighted by Crippen LogP contribution is -2.37. The summed E-state index contributed by atoms with van der Waals surface area (Å²) in [6.07, 6.45) is 0.0129. The molecule has 1 rings (SSSR count). The average Bonchev–Trinajstić information content (AvgIpc) is 2.15. The molecule has 0 amide bonds. The molecule has 0 fully saturated rings.